The Morgan fingerprint density at radius 3 is 2.63 bits per heavy atom. The lowest BCUT2D eigenvalue weighted by Crippen LogP contribution is -2.50. The first-order valence-corrected chi connectivity index (χ1v) is 6.92. The molecule has 0 aliphatic heterocycles. The number of hydrogen-bond acceptors (Lipinski definition) is 4. The third-order valence-electron chi connectivity index (χ3n) is 3.68. The van der Waals surface area contributed by atoms with E-state index < -0.39 is 12.0 Å². The minimum Gasteiger partial charge on any atom is -0.467 e. The standard InChI is InChI=1S/C14H26N2O3/c1-10(17)16-12(13(18)19-4)9-15-11-6-5-7-14(2,3)8-11/h11-12,15H,5-9H2,1-4H3,(H,16,17). The molecular weight excluding hydrogens is 244 g/mol. The summed E-state index contributed by atoms with van der Waals surface area (Å²) < 4.78 is 4.70. The van der Waals surface area contributed by atoms with Crippen LogP contribution in [0.2, 0.25) is 0 Å². The van der Waals surface area contributed by atoms with E-state index in [4.69, 9.17) is 4.74 Å². The Labute approximate surface area is 115 Å². The molecule has 5 nitrogen and oxygen atoms in total. The SMILES string of the molecule is COC(=O)C(CNC1CCCC(C)(C)C1)NC(C)=O. The largest absolute Gasteiger partial charge is 0.467 e. The predicted octanol–water partition coefficient (Wildman–Crippen LogP) is 1.22. The topological polar surface area (TPSA) is 67.4 Å². The highest BCUT2D eigenvalue weighted by Gasteiger charge is 2.29. The lowest BCUT2D eigenvalue weighted by atomic mass is 9.75. The van der Waals surface area contributed by atoms with Crippen LogP contribution in [0.1, 0.15) is 46.5 Å². The lowest BCUT2D eigenvalue weighted by molar-refractivity contribution is -0.144. The van der Waals surface area contributed by atoms with Gasteiger partial charge in [0.05, 0.1) is 7.11 Å². The molecule has 1 saturated carbocycles. The highest BCUT2D eigenvalue weighted by atomic mass is 16.5. The Balaban J connectivity index is 2.46. The van der Waals surface area contributed by atoms with Gasteiger partial charge >= 0.3 is 5.97 Å². The highest BCUT2D eigenvalue weighted by molar-refractivity contribution is 5.83. The minimum absolute atomic E-state index is 0.221. The Bertz CT molecular complexity index is 329. The number of esters is 1. The summed E-state index contributed by atoms with van der Waals surface area (Å²) in [6.07, 6.45) is 4.67. The first-order valence-electron chi connectivity index (χ1n) is 6.92. The second-order valence-electron chi connectivity index (χ2n) is 6.14. The van der Waals surface area contributed by atoms with Gasteiger partial charge in [0, 0.05) is 19.5 Å². The zero-order valence-corrected chi connectivity index (χ0v) is 12.4. The summed E-state index contributed by atoms with van der Waals surface area (Å²) in [4.78, 5) is 22.7. The van der Waals surface area contributed by atoms with Crippen LogP contribution in [-0.4, -0.2) is 37.6 Å². The Kier molecular flexibility index (Phi) is 5.79. The fourth-order valence-electron chi connectivity index (χ4n) is 2.74. The fraction of sp³-hybridized carbons (Fsp3) is 0.857. The Hall–Kier alpha value is -1.10. The molecule has 0 aromatic rings. The summed E-state index contributed by atoms with van der Waals surface area (Å²) in [5.41, 5.74) is 0.352. The van der Waals surface area contributed by atoms with Gasteiger partial charge in [0.2, 0.25) is 5.91 Å². The van der Waals surface area contributed by atoms with E-state index in [1.54, 1.807) is 0 Å². The van der Waals surface area contributed by atoms with E-state index >= 15 is 0 Å². The van der Waals surface area contributed by atoms with Crippen LogP contribution in [0.25, 0.3) is 0 Å². The molecule has 0 aromatic carbocycles. The maximum atomic E-state index is 11.6. The molecule has 2 unspecified atom stereocenters. The zero-order valence-electron chi connectivity index (χ0n) is 12.4. The van der Waals surface area contributed by atoms with Crippen molar-refractivity contribution in [2.75, 3.05) is 13.7 Å². The molecule has 1 aliphatic rings. The van der Waals surface area contributed by atoms with Crippen molar-refractivity contribution < 1.29 is 14.3 Å². The summed E-state index contributed by atoms with van der Waals surface area (Å²) >= 11 is 0. The second kappa shape index (κ2) is 6.89. The van der Waals surface area contributed by atoms with E-state index in [9.17, 15) is 9.59 Å². The van der Waals surface area contributed by atoms with Crippen LogP contribution in [0, 0.1) is 5.41 Å². The van der Waals surface area contributed by atoms with Crippen LogP contribution in [0.5, 0.6) is 0 Å². The first kappa shape index (κ1) is 16.0. The van der Waals surface area contributed by atoms with Gasteiger partial charge in [-0.3, -0.25) is 4.79 Å². The summed E-state index contributed by atoms with van der Waals surface area (Å²) in [5.74, 6) is -0.626. The zero-order chi connectivity index (χ0) is 14.5. The van der Waals surface area contributed by atoms with Crippen molar-refractivity contribution in [3.63, 3.8) is 0 Å². The van der Waals surface area contributed by atoms with Gasteiger partial charge in [-0.05, 0) is 24.7 Å². The second-order valence-corrected chi connectivity index (χ2v) is 6.14. The molecule has 1 amide bonds. The first-order chi connectivity index (χ1) is 8.84. The predicted molar refractivity (Wildman–Crippen MR) is 73.7 cm³/mol. The van der Waals surface area contributed by atoms with E-state index in [0.29, 0.717) is 18.0 Å². The summed E-state index contributed by atoms with van der Waals surface area (Å²) in [5, 5.41) is 6.00. The molecule has 1 aliphatic carbocycles. The van der Waals surface area contributed by atoms with Crippen LogP contribution in [0.3, 0.4) is 0 Å². The number of hydrogen-bond donors (Lipinski definition) is 2. The van der Waals surface area contributed by atoms with Crippen LogP contribution < -0.4 is 10.6 Å². The van der Waals surface area contributed by atoms with Crippen molar-refractivity contribution in [1.82, 2.24) is 10.6 Å². The summed E-state index contributed by atoms with van der Waals surface area (Å²) in [6.45, 7) is 6.37. The smallest absolute Gasteiger partial charge is 0.329 e. The Morgan fingerprint density at radius 2 is 2.11 bits per heavy atom. The van der Waals surface area contributed by atoms with Gasteiger partial charge in [-0.15, -0.1) is 0 Å². The lowest BCUT2D eigenvalue weighted by Gasteiger charge is -2.36. The van der Waals surface area contributed by atoms with E-state index in [1.165, 1.54) is 26.9 Å². The van der Waals surface area contributed by atoms with Crippen LogP contribution in [-0.2, 0) is 14.3 Å². The molecule has 19 heavy (non-hydrogen) atoms. The number of carbonyl (C=O) groups excluding carboxylic acids is 2. The quantitative estimate of drug-likeness (QED) is 0.737. The van der Waals surface area contributed by atoms with Gasteiger partial charge < -0.3 is 15.4 Å². The molecule has 0 radical (unpaired) electrons. The van der Waals surface area contributed by atoms with Crippen molar-refractivity contribution in [3.8, 4) is 0 Å². The molecule has 0 spiro atoms. The number of methoxy groups -OCH3 is 1. The molecular formula is C14H26N2O3. The average molecular weight is 270 g/mol. The minimum atomic E-state index is -0.604. The summed E-state index contributed by atoms with van der Waals surface area (Å²) in [6, 6.07) is -0.197. The molecule has 0 saturated heterocycles. The average Bonchev–Trinajstić information content (AvgIpc) is 2.32. The number of amides is 1. The van der Waals surface area contributed by atoms with Crippen molar-refractivity contribution in [2.24, 2.45) is 5.41 Å². The van der Waals surface area contributed by atoms with Crippen molar-refractivity contribution in [2.45, 2.75) is 58.5 Å². The van der Waals surface area contributed by atoms with Crippen LogP contribution >= 0.6 is 0 Å². The molecule has 1 fully saturated rings. The van der Waals surface area contributed by atoms with Gasteiger partial charge in [-0.2, -0.15) is 0 Å². The highest BCUT2D eigenvalue weighted by Crippen LogP contribution is 2.34. The normalized spacial score (nSPS) is 23.5. The fourth-order valence-corrected chi connectivity index (χ4v) is 2.74. The third-order valence-corrected chi connectivity index (χ3v) is 3.68. The number of ether oxygens (including phenoxy) is 1. The van der Waals surface area contributed by atoms with Gasteiger partial charge in [0.15, 0.2) is 0 Å². The molecule has 5 heteroatoms. The van der Waals surface area contributed by atoms with Crippen molar-refractivity contribution in [3.05, 3.63) is 0 Å². The van der Waals surface area contributed by atoms with Gasteiger partial charge in [0.1, 0.15) is 6.04 Å². The number of carbonyl (C=O) groups is 2. The van der Waals surface area contributed by atoms with Crippen LogP contribution in [0.15, 0.2) is 0 Å². The monoisotopic (exact) mass is 270 g/mol. The van der Waals surface area contributed by atoms with E-state index in [-0.39, 0.29) is 5.91 Å². The number of rotatable bonds is 5. The van der Waals surface area contributed by atoms with Gasteiger partial charge in [0.25, 0.3) is 0 Å². The van der Waals surface area contributed by atoms with Crippen molar-refractivity contribution in [1.29, 1.82) is 0 Å². The maximum absolute atomic E-state index is 11.6. The maximum Gasteiger partial charge on any atom is 0.329 e. The third kappa shape index (κ3) is 5.59. The molecule has 0 aromatic heterocycles. The molecule has 2 atom stereocenters. The molecule has 1 rings (SSSR count). The van der Waals surface area contributed by atoms with Crippen LogP contribution in [0.4, 0.5) is 0 Å². The van der Waals surface area contributed by atoms with Gasteiger partial charge in [-0.1, -0.05) is 20.3 Å². The van der Waals surface area contributed by atoms with Crippen molar-refractivity contribution >= 4 is 11.9 Å². The van der Waals surface area contributed by atoms with Gasteiger partial charge in [-0.25, -0.2) is 4.79 Å². The Morgan fingerprint density at radius 1 is 1.42 bits per heavy atom. The summed E-state index contributed by atoms with van der Waals surface area (Å²) in [7, 11) is 1.33. The number of nitrogens with one attached hydrogen (secondary N) is 2. The molecule has 110 valence electrons. The molecule has 0 heterocycles. The molecule has 0 bridgehead atoms. The van der Waals surface area contributed by atoms with E-state index in [1.807, 2.05) is 0 Å². The van der Waals surface area contributed by atoms with E-state index in [0.717, 1.165) is 12.8 Å². The van der Waals surface area contributed by atoms with E-state index in [2.05, 4.69) is 24.5 Å². The molecule has 2 N–H and O–H groups in total.